The third-order valence-corrected chi connectivity index (χ3v) is 7.63. The minimum Gasteiger partial charge on any atom is -0.330 e. The zero-order valence-electron chi connectivity index (χ0n) is 19.6. The lowest BCUT2D eigenvalue weighted by molar-refractivity contribution is 0.0658. The van der Waals surface area contributed by atoms with Crippen LogP contribution in [0.1, 0.15) is 36.8 Å². The second kappa shape index (κ2) is 8.27. The van der Waals surface area contributed by atoms with E-state index in [1.54, 1.807) is 12.4 Å². The molecule has 1 aliphatic heterocycles. The van der Waals surface area contributed by atoms with Crippen LogP contribution in [0.15, 0.2) is 67.1 Å². The number of anilines is 1. The average Bonchev–Trinajstić information content (AvgIpc) is 3.16. The van der Waals surface area contributed by atoms with Crippen LogP contribution in [0, 0.1) is 6.92 Å². The molecule has 0 radical (unpaired) electrons. The van der Waals surface area contributed by atoms with Crippen molar-refractivity contribution in [3.63, 3.8) is 0 Å². The third-order valence-electron chi connectivity index (χ3n) is 7.63. The second-order valence-electron chi connectivity index (χ2n) is 9.68. The van der Waals surface area contributed by atoms with Gasteiger partial charge in [-0.25, -0.2) is 4.79 Å². The van der Waals surface area contributed by atoms with Gasteiger partial charge in [0, 0.05) is 23.5 Å². The summed E-state index contributed by atoms with van der Waals surface area (Å²) in [5.41, 5.74) is 5.02. The summed E-state index contributed by atoms with van der Waals surface area (Å²) in [4.78, 5) is 26.1. The number of hydrogen-bond donors (Lipinski definition) is 1. The Labute approximate surface area is 195 Å². The average molecular weight is 442 g/mol. The topological polar surface area (TPSA) is 61.4 Å². The van der Waals surface area contributed by atoms with Crippen molar-refractivity contribution in [2.24, 2.45) is 0 Å². The maximum absolute atomic E-state index is 13.1. The van der Waals surface area contributed by atoms with Gasteiger partial charge in [0.05, 0.1) is 29.7 Å². The van der Waals surface area contributed by atoms with Crippen molar-refractivity contribution in [1.29, 1.82) is 0 Å². The fourth-order valence-corrected chi connectivity index (χ4v) is 5.58. The van der Waals surface area contributed by atoms with E-state index in [1.165, 1.54) is 5.56 Å². The predicted octanol–water partition coefficient (Wildman–Crippen LogP) is 4.75. The first-order valence-electron chi connectivity index (χ1n) is 11.6. The minimum atomic E-state index is -0.193. The molecule has 6 nitrogen and oxygen atoms in total. The zero-order valence-corrected chi connectivity index (χ0v) is 19.6. The summed E-state index contributed by atoms with van der Waals surface area (Å²) in [6, 6.07) is 16.7. The summed E-state index contributed by atoms with van der Waals surface area (Å²) >= 11 is 0. The van der Waals surface area contributed by atoms with E-state index in [2.05, 4.69) is 70.7 Å². The standard InChI is InChI=1S/C27H31N5O/c1-20-17-23(21-9-15-28-16-10-21)29-18-24(20)32-19-26(30-25(32)33)11-13-27(14-12-26,31(2)3)22-7-5-4-6-8-22/h4-10,15-18H,11-14,19H2,1-3H3,(H,30,33)/t26-,27-. The SMILES string of the molecule is Cc1cc(-c2ccncc2)ncc1N1C[C@]2(CC[C@@](c3ccccc3)(N(C)C)CC2)NC1=O. The molecule has 3 heterocycles. The van der Waals surface area contributed by atoms with Gasteiger partial charge in [-0.1, -0.05) is 30.3 Å². The molecule has 1 spiro atoms. The molecule has 0 unspecified atom stereocenters. The Kier molecular flexibility index (Phi) is 5.41. The normalized spacial score (nSPS) is 25.0. The maximum atomic E-state index is 13.1. The molecule has 170 valence electrons. The number of amides is 2. The number of carbonyl (C=O) groups is 1. The first kappa shape index (κ1) is 21.6. The number of pyridine rings is 2. The summed E-state index contributed by atoms with van der Waals surface area (Å²) in [5.74, 6) is 0. The Morgan fingerprint density at radius 3 is 2.33 bits per heavy atom. The molecule has 33 heavy (non-hydrogen) atoms. The number of aromatic nitrogens is 2. The molecule has 1 N–H and O–H groups in total. The molecular formula is C27H31N5O. The Bertz CT molecular complexity index is 1140. The van der Waals surface area contributed by atoms with Crippen LogP contribution in [-0.4, -0.2) is 47.1 Å². The molecule has 1 aromatic carbocycles. The Morgan fingerprint density at radius 1 is 1.00 bits per heavy atom. The molecule has 6 heteroatoms. The van der Waals surface area contributed by atoms with Gasteiger partial charge in [-0.2, -0.15) is 0 Å². The fourth-order valence-electron chi connectivity index (χ4n) is 5.58. The fraction of sp³-hybridized carbons (Fsp3) is 0.370. The minimum absolute atomic E-state index is 0.00825. The summed E-state index contributed by atoms with van der Waals surface area (Å²) < 4.78 is 0. The van der Waals surface area contributed by atoms with Gasteiger partial charge in [-0.15, -0.1) is 0 Å². The van der Waals surface area contributed by atoms with Crippen molar-refractivity contribution in [2.75, 3.05) is 25.5 Å². The second-order valence-corrected chi connectivity index (χ2v) is 9.68. The molecule has 0 bridgehead atoms. The van der Waals surface area contributed by atoms with E-state index in [4.69, 9.17) is 0 Å². The van der Waals surface area contributed by atoms with Crippen molar-refractivity contribution in [2.45, 2.75) is 43.7 Å². The monoisotopic (exact) mass is 441 g/mol. The summed E-state index contributed by atoms with van der Waals surface area (Å²) in [7, 11) is 4.34. The van der Waals surface area contributed by atoms with Crippen LogP contribution in [0.5, 0.6) is 0 Å². The van der Waals surface area contributed by atoms with Crippen molar-refractivity contribution in [1.82, 2.24) is 20.2 Å². The first-order valence-corrected chi connectivity index (χ1v) is 11.6. The summed E-state index contributed by atoms with van der Waals surface area (Å²) in [5, 5.41) is 3.35. The number of benzene rings is 1. The van der Waals surface area contributed by atoms with Crippen LogP contribution < -0.4 is 10.2 Å². The molecule has 2 fully saturated rings. The van der Waals surface area contributed by atoms with Gasteiger partial charge in [0.15, 0.2) is 0 Å². The Morgan fingerprint density at radius 2 is 1.70 bits per heavy atom. The number of aryl methyl sites for hydroxylation is 1. The third kappa shape index (κ3) is 3.78. The van der Waals surface area contributed by atoms with E-state index in [0.717, 1.165) is 48.2 Å². The van der Waals surface area contributed by atoms with Crippen molar-refractivity contribution in [3.05, 3.63) is 78.2 Å². The lowest BCUT2D eigenvalue weighted by Crippen LogP contribution is -2.54. The van der Waals surface area contributed by atoms with Crippen molar-refractivity contribution in [3.8, 4) is 11.3 Å². The zero-order chi connectivity index (χ0) is 23.1. The van der Waals surface area contributed by atoms with Gasteiger partial charge >= 0.3 is 6.03 Å². The highest BCUT2D eigenvalue weighted by molar-refractivity contribution is 5.96. The molecule has 5 rings (SSSR count). The summed E-state index contributed by atoms with van der Waals surface area (Å²) in [6.45, 7) is 2.73. The number of nitrogens with one attached hydrogen (secondary N) is 1. The highest BCUT2D eigenvalue weighted by Crippen LogP contribution is 2.46. The molecule has 1 aliphatic carbocycles. The largest absolute Gasteiger partial charge is 0.330 e. The van der Waals surface area contributed by atoms with Gasteiger partial charge in [-0.05, 0) is 76.0 Å². The lowest BCUT2D eigenvalue weighted by atomic mass is 9.69. The smallest absolute Gasteiger partial charge is 0.322 e. The predicted molar refractivity (Wildman–Crippen MR) is 131 cm³/mol. The van der Waals surface area contributed by atoms with Crippen LogP contribution in [0.3, 0.4) is 0 Å². The van der Waals surface area contributed by atoms with Gasteiger partial charge in [0.25, 0.3) is 0 Å². The Hall–Kier alpha value is -3.25. The highest BCUT2D eigenvalue weighted by Gasteiger charge is 2.50. The number of nitrogens with zero attached hydrogens (tertiary/aromatic N) is 4. The lowest BCUT2D eigenvalue weighted by Gasteiger charge is -2.48. The van der Waals surface area contributed by atoms with Crippen LogP contribution >= 0.6 is 0 Å². The van der Waals surface area contributed by atoms with Crippen LogP contribution in [0.2, 0.25) is 0 Å². The van der Waals surface area contributed by atoms with Gasteiger partial charge < -0.3 is 5.32 Å². The van der Waals surface area contributed by atoms with E-state index >= 15 is 0 Å². The number of urea groups is 1. The number of hydrogen-bond acceptors (Lipinski definition) is 4. The quantitative estimate of drug-likeness (QED) is 0.635. The van der Waals surface area contributed by atoms with Crippen LogP contribution in [0.25, 0.3) is 11.3 Å². The maximum Gasteiger partial charge on any atom is 0.322 e. The Balaban J connectivity index is 1.36. The van der Waals surface area contributed by atoms with Crippen molar-refractivity contribution < 1.29 is 4.79 Å². The molecule has 0 atom stereocenters. The van der Waals surface area contributed by atoms with Gasteiger partial charge in [-0.3, -0.25) is 19.8 Å². The number of rotatable bonds is 4. The molecule has 2 aliphatic rings. The van der Waals surface area contributed by atoms with Crippen LogP contribution in [-0.2, 0) is 5.54 Å². The molecule has 2 amide bonds. The van der Waals surface area contributed by atoms with E-state index in [0.29, 0.717) is 6.54 Å². The summed E-state index contributed by atoms with van der Waals surface area (Å²) in [6.07, 6.45) is 9.29. The van der Waals surface area contributed by atoms with Crippen molar-refractivity contribution >= 4 is 11.7 Å². The molecule has 1 saturated heterocycles. The molecule has 2 aromatic heterocycles. The van der Waals surface area contributed by atoms with Crippen LogP contribution in [0.4, 0.5) is 10.5 Å². The van der Waals surface area contributed by atoms with E-state index in [1.807, 2.05) is 30.2 Å². The van der Waals surface area contributed by atoms with E-state index in [9.17, 15) is 4.79 Å². The molecule has 3 aromatic rings. The first-order chi connectivity index (χ1) is 15.9. The molecular weight excluding hydrogens is 410 g/mol. The van der Waals surface area contributed by atoms with E-state index < -0.39 is 0 Å². The molecule has 1 saturated carbocycles. The van der Waals surface area contributed by atoms with E-state index in [-0.39, 0.29) is 17.1 Å². The number of carbonyl (C=O) groups excluding carboxylic acids is 1. The highest BCUT2D eigenvalue weighted by atomic mass is 16.2. The van der Waals surface area contributed by atoms with Gasteiger partial charge in [0.1, 0.15) is 0 Å². The van der Waals surface area contributed by atoms with Gasteiger partial charge in [0.2, 0.25) is 0 Å².